The van der Waals surface area contributed by atoms with E-state index < -0.39 is 5.97 Å². The molecule has 0 aromatic rings. The Kier molecular flexibility index (Phi) is 4.44. The predicted molar refractivity (Wildman–Crippen MR) is 67.3 cm³/mol. The number of amides is 2. The van der Waals surface area contributed by atoms with Crippen LogP contribution in [0.15, 0.2) is 0 Å². The second kappa shape index (κ2) is 6.07. The van der Waals surface area contributed by atoms with Gasteiger partial charge in [-0.25, -0.2) is 4.79 Å². The summed E-state index contributed by atoms with van der Waals surface area (Å²) < 4.78 is 0. The van der Waals surface area contributed by atoms with Crippen LogP contribution in [0.25, 0.3) is 0 Å². The minimum absolute atomic E-state index is 0.0943. The van der Waals surface area contributed by atoms with Crippen molar-refractivity contribution >= 4 is 12.0 Å². The summed E-state index contributed by atoms with van der Waals surface area (Å²) >= 11 is 0. The molecule has 102 valence electrons. The maximum atomic E-state index is 11.7. The van der Waals surface area contributed by atoms with Crippen LogP contribution in [0.2, 0.25) is 0 Å². The molecule has 0 saturated heterocycles. The molecule has 2 saturated carbocycles. The lowest BCUT2D eigenvalue weighted by molar-refractivity contribution is -0.142. The molecular formula is C13H22N2O3. The van der Waals surface area contributed by atoms with E-state index in [1.807, 2.05) is 0 Å². The van der Waals surface area contributed by atoms with Gasteiger partial charge < -0.3 is 15.7 Å². The summed E-state index contributed by atoms with van der Waals surface area (Å²) in [6, 6.07) is 0.168. The molecule has 0 bridgehead atoms. The van der Waals surface area contributed by atoms with E-state index in [1.54, 1.807) is 0 Å². The van der Waals surface area contributed by atoms with Crippen molar-refractivity contribution in [2.24, 2.45) is 11.8 Å². The third kappa shape index (κ3) is 3.37. The number of urea groups is 1. The van der Waals surface area contributed by atoms with Crippen molar-refractivity contribution in [3.05, 3.63) is 0 Å². The average Bonchev–Trinajstić information content (AvgIpc) is 2.96. The molecular weight excluding hydrogens is 232 g/mol. The van der Waals surface area contributed by atoms with Crippen LogP contribution >= 0.6 is 0 Å². The Balaban J connectivity index is 1.70. The van der Waals surface area contributed by atoms with Gasteiger partial charge in [-0.1, -0.05) is 19.3 Å². The van der Waals surface area contributed by atoms with Gasteiger partial charge in [-0.15, -0.1) is 0 Å². The van der Waals surface area contributed by atoms with E-state index >= 15 is 0 Å². The molecule has 0 aliphatic heterocycles. The summed E-state index contributed by atoms with van der Waals surface area (Å²) in [6.45, 7) is 0.482. The zero-order valence-corrected chi connectivity index (χ0v) is 10.7. The van der Waals surface area contributed by atoms with E-state index in [4.69, 9.17) is 5.11 Å². The molecule has 2 aliphatic carbocycles. The first-order valence-electron chi connectivity index (χ1n) is 6.94. The van der Waals surface area contributed by atoms with Crippen molar-refractivity contribution in [1.82, 2.24) is 10.6 Å². The SMILES string of the molecule is O=C(NCC1CCCC1C(=O)O)NC1CCCC1. The first-order valence-corrected chi connectivity index (χ1v) is 6.94. The molecule has 18 heavy (non-hydrogen) atoms. The first kappa shape index (κ1) is 13.2. The molecule has 5 heteroatoms. The number of carbonyl (C=O) groups is 2. The normalized spacial score (nSPS) is 28.2. The lowest BCUT2D eigenvalue weighted by atomic mass is 9.96. The number of hydrogen-bond donors (Lipinski definition) is 3. The van der Waals surface area contributed by atoms with Crippen LogP contribution in [0.4, 0.5) is 4.79 Å². The maximum Gasteiger partial charge on any atom is 0.315 e. The van der Waals surface area contributed by atoms with Crippen LogP contribution in [0.5, 0.6) is 0 Å². The molecule has 2 amide bonds. The molecule has 0 spiro atoms. The Morgan fingerprint density at radius 1 is 1.06 bits per heavy atom. The van der Waals surface area contributed by atoms with E-state index in [-0.39, 0.29) is 17.9 Å². The van der Waals surface area contributed by atoms with Crippen molar-refractivity contribution in [1.29, 1.82) is 0 Å². The van der Waals surface area contributed by atoms with Crippen molar-refractivity contribution < 1.29 is 14.7 Å². The summed E-state index contributed by atoms with van der Waals surface area (Å²) in [4.78, 5) is 22.7. The standard InChI is InChI=1S/C13H22N2O3/c16-12(17)11-7-3-4-9(11)8-14-13(18)15-10-5-1-2-6-10/h9-11H,1-8H2,(H,16,17)(H2,14,15,18). The fourth-order valence-electron chi connectivity index (χ4n) is 3.14. The van der Waals surface area contributed by atoms with Gasteiger partial charge >= 0.3 is 12.0 Å². The van der Waals surface area contributed by atoms with Crippen LogP contribution < -0.4 is 10.6 Å². The highest BCUT2D eigenvalue weighted by molar-refractivity contribution is 5.74. The summed E-state index contributed by atoms with van der Waals surface area (Å²) in [5, 5.41) is 14.8. The van der Waals surface area contributed by atoms with Crippen LogP contribution in [-0.4, -0.2) is 29.7 Å². The Morgan fingerprint density at radius 3 is 2.44 bits per heavy atom. The molecule has 5 nitrogen and oxygen atoms in total. The minimum Gasteiger partial charge on any atom is -0.481 e. The third-order valence-corrected chi connectivity index (χ3v) is 4.19. The van der Waals surface area contributed by atoms with Gasteiger partial charge in [0.25, 0.3) is 0 Å². The quantitative estimate of drug-likeness (QED) is 0.715. The topological polar surface area (TPSA) is 78.4 Å². The summed E-state index contributed by atoms with van der Waals surface area (Å²) in [7, 11) is 0. The molecule has 2 fully saturated rings. The van der Waals surface area contributed by atoms with Crippen molar-refractivity contribution in [3.63, 3.8) is 0 Å². The van der Waals surface area contributed by atoms with Crippen molar-refractivity contribution in [2.75, 3.05) is 6.54 Å². The van der Waals surface area contributed by atoms with Gasteiger partial charge in [0.05, 0.1) is 5.92 Å². The number of carboxylic acid groups (broad SMARTS) is 1. The highest BCUT2D eigenvalue weighted by Gasteiger charge is 2.32. The number of nitrogens with one attached hydrogen (secondary N) is 2. The molecule has 0 aromatic heterocycles. The molecule has 0 aromatic carbocycles. The van der Waals surface area contributed by atoms with E-state index in [1.165, 1.54) is 12.8 Å². The monoisotopic (exact) mass is 254 g/mol. The van der Waals surface area contributed by atoms with Crippen LogP contribution in [0.3, 0.4) is 0 Å². The summed E-state index contributed by atoms with van der Waals surface area (Å²) in [6.07, 6.45) is 7.10. The Hall–Kier alpha value is -1.26. The second-order valence-electron chi connectivity index (χ2n) is 5.47. The second-order valence-corrected chi connectivity index (χ2v) is 5.47. The molecule has 2 atom stereocenters. The lowest BCUT2D eigenvalue weighted by Crippen LogP contribution is -2.43. The number of carbonyl (C=O) groups excluding carboxylic acids is 1. The molecule has 3 N–H and O–H groups in total. The molecule has 0 radical (unpaired) electrons. The third-order valence-electron chi connectivity index (χ3n) is 4.19. The first-order chi connectivity index (χ1) is 8.66. The molecule has 2 rings (SSSR count). The average molecular weight is 254 g/mol. The largest absolute Gasteiger partial charge is 0.481 e. The Bertz CT molecular complexity index is 313. The van der Waals surface area contributed by atoms with Gasteiger partial charge in [-0.05, 0) is 31.6 Å². The van der Waals surface area contributed by atoms with Crippen molar-refractivity contribution in [3.8, 4) is 0 Å². The van der Waals surface area contributed by atoms with Gasteiger partial charge in [-0.2, -0.15) is 0 Å². The number of carboxylic acids is 1. The van der Waals surface area contributed by atoms with Crippen LogP contribution in [0.1, 0.15) is 44.9 Å². The highest BCUT2D eigenvalue weighted by Crippen LogP contribution is 2.31. The smallest absolute Gasteiger partial charge is 0.315 e. The van der Waals surface area contributed by atoms with Gasteiger partial charge in [0.2, 0.25) is 0 Å². The van der Waals surface area contributed by atoms with Crippen LogP contribution in [0, 0.1) is 11.8 Å². The summed E-state index contributed by atoms with van der Waals surface area (Å²) in [5.41, 5.74) is 0. The number of aliphatic carboxylic acids is 1. The van der Waals surface area contributed by atoms with Crippen molar-refractivity contribution in [2.45, 2.75) is 51.0 Å². The zero-order chi connectivity index (χ0) is 13.0. The zero-order valence-electron chi connectivity index (χ0n) is 10.7. The van der Waals surface area contributed by atoms with E-state index in [0.29, 0.717) is 12.6 Å². The van der Waals surface area contributed by atoms with E-state index in [9.17, 15) is 9.59 Å². The Morgan fingerprint density at radius 2 is 1.78 bits per heavy atom. The van der Waals surface area contributed by atoms with Gasteiger partial charge in [-0.3, -0.25) is 4.79 Å². The minimum atomic E-state index is -0.726. The van der Waals surface area contributed by atoms with Gasteiger partial charge in [0, 0.05) is 12.6 Å². The van der Waals surface area contributed by atoms with E-state index in [2.05, 4.69) is 10.6 Å². The fourth-order valence-corrected chi connectivity index (χ4v) is 3.14. The summed E-state index contributed by atoms with van der Waals surface area (Å²) in [5.74, 6) is -0.913. The number of hydrogen-bond acceptors (Lipinski definition) is 2. The fraction of sp³-hybridized carbons (Fsp3) is 0.846. The Labute approximate surface area is 107 Å². The van der Waals surface area contributed by atoms with Crippen LogP contribution in [-0.2, 0) is 4.79 Å². The molecule has 2 unspecified atom stereocenters. The molecule has 2 aliphatic rings. The van der Waals surface area contributed by atoms with Gasteiger partial charge in [0.1, 0.15) is 0 Å². The molecule has 0 heterocycles. The predicted octanol–water partition coefficient (Wildman–Crippen LogP) is 1.73. The van der Waals surface area contributed by atoms with E-state index in [0.717, 1.165) is 32.1 Å². The van der Waals surface area contributed by atoms with Gasteiger partial charge in [0.15, 0.2) is 0 Å². The lowest BCUT2D eigenvalue weighted by Gasteiger charge is -2.18. The maximum absolute atomic E-state index is 11.7. The highest BCUT2D eigenvalue weighted by atomic mass is 16.4. The number of rotatable bonds is 4.